The maximum atomic E-state index is 13.4. The van der Waals surface area contributed by atoms with E-state index < -0.39 is 0 Å². The normalized spacial score (nSPS) is 14.2. The fraction of sp³-hybridized carbons (Fsp3) is 0.520. The molecule has 1 fully saturated rings. The lowest BCUT2D eigenvalue weighted by atomic mass is 9.96. The number of benzene rings is 1. The van der Waals surface area contributed by atoms with E-state index in [0.29, 0.717) is 26.2 Å². The Bertz CT molecular complexity index is 897. The molecule has 0 atom stereocenters. The molecule has 1 aromatic heterocycles. The summed E-state index contributed by atoms with van der Waals surface area (Å²) in [5.41, 5.74) is 1.97. The van der Waals surface area contributed by atoms with Crippen molar-refractivity contribution in [2.75, 3.05) is 26.8 Å². The van der Waals surface area contributed by atoms with Gasteiger partial charge >= 0.3 is 6.03 Å². The van der Waals surface area contributed by atoms with E-state index in [1.807, 2.05) is 18.4 Å². The number of methoxy groups -OCH3 is 1. The molecule has 0 spiro atoms. The molecule has 1 heterocycles. The third kappa shape index (κ3) is 7.82. The van der Waals surface area contributed by atoms with Crippen LogP contribution in [-0.4, -0.2) is 54.6 Å². The molecule has 0 saturated heterocycles. The topological polar surface area (TPSA) is 61.9 Å². The number of carbonyl (C=O) groups excluding carboxylic acids is 2. The van der Waals surface area contributed by atoms with Crippen LogP contribution in [0.15, 0.2) is 35.7 Å². The van der Waals surface area contributed by atoms with Gasteiger partial charge in [-0.25, -0.2) is 9.18 Å². The number of hydrogen-bond acceptors (Lipinski definition) is 4. The maximum Gasteiger partial charge on any atom is 0.318 e. The number of ether oxygens (including phenoxy) is 1. The van der Waals surface area contributed by atoms with Crippen molar-refractivity contribution in [2.24, 2.45) is 0 Å². The number of rotatable bonds is 10. The van der Waals surface area contributed by atoms with E-state index in [0.717, 1.165) is 41.7 Å². The molecule has 2 aromatic rings. The lowest BCUT2D eigenvalue weighted by molar-refractivity contribution is -0.133. The summed E-state index contributed by atoms with van der Waals surface area (Å²) >= 11 is 1.60. The average Bonchev–Trinajstić information content (AvgIpc) is 3.22. The van der Waals surface area contributed by atoms with Gasteiger partial charge < -0.3 is 19.9 Å². The Balaban J connectivity index is 1.72. The van der Waals surface area contributed by atoms with Crippen LogP contribution >= 0.6 is 11.3 Å². The number of thiophene rings is 1. The molecule has 0 unspecified atom stereocenters. The van der Waals surface area contributed by atoms with Crippen LogP contribution in [0.25, 0.3) is 0 Å². The highest BCUT2D eigenvalue weighted by atomic mass is 32.1. The zero-order chi connectivity index (χ0) is 23.6. The maximum absolute atomic E-state index is 13.4. The fourth-order valence-electron chi connectivity index (χ4n) is 4.01. The van der Waals surface area contributed by atoms with Crippen molar-refractivity contribution < 1.29 is 18.7 Å². The number of amides is 3. The third-order valence-electron chi connectivity index (χ3n) is 6.05. The van der Waals surface area contributed by atoms with Crippen LogP contribution in [0.4, 0.5) is 9.18 Å². The number of hydrogen-bond donors (Lipinski definition) is 1. The Labute approximate surface area is 199 Å². The van der Waals surface area contributed by atoms with Crippen LogP contribution in [0.3, 0.4) is 0 Å². The van der Waals surface area contributed by atoms with Gasteiger partial charge in [-0.15, -0.1) is 11.3 Å². The Morgan fingerprint density at radius 2 is 1.82 bits per heavy atom. The molecule has 1 aromatic carbocycles. The van der Waals surface area contributed by atoms with E-state index in [1.165, 1.54) is 18.6 Å². The van der Waals surface area contributed by atoms with E-state index in [4.69, 9.17) is 4.74 Å². The van der Waals surface area contributed by atoms with Crippen molar-refractivity contribution in [2.45, 2.75) is 58.2 Å². The summed E-state index contributed by atoms with van der Waals surface area (Å²) in [4.78, 5) is 30.8. The van der Waals surface area contributed by atoms with Gasteiger partial charge in [0, 0.05) is 31.1 Å². The van der Waals surface area contributed by atoms with Gasteiger partial charge in [0.1, 0.15) is 12.4 Å². The first-order valence-electron chi connectivity index (χ1n) is 11.6. The molecule has 0 aliphatic heterocycles. The SMILES string of the molecule is COCCN(CC(=O)N(Cc1ccc(F)cc1)Cc1sccc1C)C(=O)NC1CCCCC1. The zero-order valence-electron chi connectivity index (χ0n) is 19.5. The van der Waals surface area contributed by atoms with Crippen molar-refractivity contribution in [3.8, 4) is 0 Å². The highest BCUT2D eigenvalue weighted by Gasteiger charge is 2.24. The predicted molar refractivity (Wildman–Crippen MR) is 129 cm³/mol. The van der Waals surface area contributed by atoms with Crippen molar-refractivity contribution in [3.63, 3.8) is 0 Å². The van der Waals surface area contributed by atoms with Gasteiger partial charge in [-0.2, -0.15) is 0 Å². The van der Waals surface area contributed by atoms with E-state index >= 15 is 0 Å². The molecular formula is C25H34FN3O3S. The number of carbonyl (C=O) groups is 2. The van der Waals surface area contributed by atoms with Gasteiger partial charge in [0.05, 0.1) is 13.2 Å². The van der Waals surface area contributed by atoms with Gasteiger partial charge in [0.25, 0.3) is 0 Å². The number of urea groups is 1. The molecule has 33 heavy (non-hydrogen) atoms. The van der Waals surface area contributed by atoms with Crippen LogP contribution in [-0.2, 0) is 22.6 Å². The minimum absolute atomic E-state index is 0.0342. The largest absolute Gasteiger partial charge is 0.383 e. The lowest BCUT2D eigenvalue weighted by Crippen LogP contribution is -2.50. The molecule has 6 nitrogen and oxygen atoms in total. The second kappa shape index (κ2) is 12.7. The quantitative estimate of drug-likeness (QED) is 0.541. The van der Waals surface area contributed by atoms with Crippen molar-refractivity contribution in [1.82, 2.24) is 15.1 Å². The summed E-state index contributed by atoms with van der Waals surface area (Å²) in [5, 5.41) is 5.11. The Morgan fingerprint density at radius 1 is 1.09 bits per heavy atom. The van der Waals surface area contributed by atoms with Gasteiger partial charge in [-0.3, -0.25) is 4.79 Å². The van der Waals surface area contributed by atoms with E-state index in [9.17, 15) is 14.0 Å². The summed E-state index contributed by atoms with van der Waals surface area (Å²) < 4.78 is 18.6. The molecule has 3 rings (SSSR count). The smallest absolute Gasteiger partial charge is 0.318 e. The highest BCUT2D eigenvalue weighted by Crippen LogP contribution is 2.20. The van der Waals surface area contributed by atoms with Crippen LogP contribution < -0.4 is 5.32 Å². The molecule has 3 amide bonds. The average molecular weight is 476 g/mol. The number of halogens is 1. The molecular weight excluding hydrogens is 441 g/mol. The lowest BCUT2D eigenvalue weighted by Gasteiger charge is -2.30. The van der Waals surface area contributed by atoms with E-state index in [-0.39, 0.29) is 30.3 Å². The van der Waals surface area contributed by atoms with Crippen LogP contribution in [0.2, 0.25) is 0 Å². The van der Waals surface area contributed by atoms with Gasteiger partial charge in [0.2, 0.25) is 5.91 Å². The first-order chi connectivity index (χ1) is 16.0. The van der Waals surface area contributed by atoms with Crippen LogP contribution in [0, 0.1) is 12.7 Å². The summed E-state index contributed by atoms with van der Waals surface area (Å²) in [6.07, 6.45) is 5.40. The summed E-state index contributed by atoms with van der Waals surface area (Å²) in [6.45, 7) is 3.47. The van der Waals surface area contributed by atoms with E-state index in [2.05, 4.69) is 5.32 Å². The molecule has 1 aliphatic carbocycles. The third-order valence-corrected chi connectivity index (χ3v) is 7.06. The van der Waals surface area contributed by atoms with Gasteiger partial charge in [-0.05, 0) is 54.5 Å². The number of nitrogens with one attached hydrogen (secondary N) is 1. The van der Waals surface area contributed by atoms with Crippen LogP contribution in [0.5, 0.6) is 0 Å². The molecule has 0 bridgehead atoms. The molecule has 180 valence electrons. The van der Waals surface area contributed by atoms with Crippen molar-refractivity contribution in [3.05, 3.63) is 57.5 Å². The number of aryl methyl sites for hydroxylation is 1. The van der Waals surface area contributed by atoms with Crippen LogP contribution in [0.1, 0.15) is 48.1 Å². The molecule has 1 aliphatic rings. The first kappa shape index (κ1) is 25.2. The minimum atomic E-state index is -0.309. The first-order valence-corrected chi connectivity index (χ1v) is 12.4. The molecule has 8 heteroatoms. The van der Waals surface area contributed by atoms with Gasteiger partial charge in [0.15, 0.2) is 0 Å². The minimum Gasteiger partial charge on any atom is -0.383 e. The van der Waals surface area contributed by atoms with Crippen molar-refractivity contribution in [1.29, 1.82) is 0 Å². The molecule has 1 N–H and O–H groups in total. The Morgan fingerprint density at radius 3 is 2.45 bits per heavy atom. The molecule has 1 saturated carbocycles. The number of nitrogens with zero attached hydrogens (tertiary/aromatic N) is 2. The van der Waals surface area contributed by atoms with E-state index in [1.54, 1.807) is 40.4 Å². The summed E-state index contributed by atoms with van der Waals surface area (Å²) in [6, 6.07) is 8.15. The Hall–Kier alpha value is -2.45. The fourth-order valence-corrected chi connectivity index (χ4v) is 4.93. The zero-order valence-corrected chi connectivity index (χ0v) is 20.3. The predicted octanol–water partition coefficient (Wildman–Crippen LogP) is 4.72. The second-order valence-electron chi connectivity index (χ2n) is 8.60. The van der Waals surface area contributed by atoms with Gasteiger partial charge in [-0.1, -0.05) is 31.4 Å². The molecule has 0 radical (unpaired) electrons. The monoisotopic (exact) mass is 475 g/mol. The van der Waals surface area contributed by atoms with Crippen molar-refractivity contribution >= 4 is 23.3 Å². The standard InChI is InChI=1S/C25H34FN3O3S/c1-19-12-15-33-23(19)17-29(16-20-8-10-21(26)11-9-20)24(30)18-28(13-14-32-2)25(31)27-22-6-4-3-5-7-22/h8-12,15,22H,3-7,13-14,16-18H2,1-2H3,(H,27,31). The highest BCUT2D eigenvalue weighted by molar-refractivity contribution is 7.10. The Kier molecular flexibility index (Phi) is 9.69. The summed E-state index contributed by atoms with van der Waals surface area (Å²) in [7, 11) is 1.58. The summed E-state index contributed by atoms with van der Waals surface area (Å²) in [5.74, 6) is -0.460. The second-order valence-corrected chi connectivity index (χ2v) is 9.60.